The highest BCUT2D eigenvalue weighted by molar-refractivity contribution is 6.12. The number of aliphatic hydroxyl groups excluding tert-OH is 2. The van der Waals surface area contributed by atoms with Crippen molar-refractivity contribution in [2.75, 3.05) is 25.2 Å². The van der Waals surface area contributed by atoms with E-state index in [0.29, 0.717) is 39.5 Å². The number of alkyl halides is 3. The number of aromatic nitrogens is 4. The first kappa shape index (κ1) is 28.0. The first-order chi connectivity index (χ1) is 18.8. The molecule has 2 unspecified atom stereocenters. The summed E-state index contributed by atoms with van der Waals surface area (Å²) in [6, 6.07) is 3.59. The molecule has 2 aliphatic heterocycles. The number of hydrogen-bond acceptors (Lipinski definition) is 9. The summed E-state index contributed by atoms with van der Waals surface area (Å²) >= 11 is 0. The zero-order valence-corrected chi connectivity index (χ0v) is 22.2. The Bertz CT molecular complexity index is 1440. The number of epoxide rings is 1. The molecule has 214 valence electrons. The molecule has 3 N–H and O–H groups in total. The third kappa shape index (κ3) is 5.14. The Balaban J connectivity index is 1.46. The Morgan fingerprint density at radius 2 is 2.02 bits per heavy atom. The Morgan fingerprint density at radius 3 is 2.70 bits per heavy atom. The third-order valence-electron chi connectivity index (χ3n) is 6.92. The van der Waals surface area contributed by atoms with Crippen molar-refractivity contribution < 1.29 is 37.7 Å². The van der Waals surface area contributed by atoms with Crippen molar-refractivity contribution in [1.82, 2.24) is 25.1 Å². The van der Waals surface area contributed by atoms with Gasteiger partial charge in [0.15, 0.2) is 0 Å². The standard InChI is InChI=1S/C26H29F3N6O5/c1-13-5-18(14-6-17(22(39-4)30-7-14)20-23(40-20)31-9-16(37)11-36)33-21-19(13)24(38)35(25(21,2)3)15-8-32-34(10-15)12-26(27,28)29/h5-8,10,16,20,23,31,36-37H,9,11-12H2,1-4H3/t16-,20?,23?/m1/s1. The quantitative estimate of drug-likeness (QED) is 0.336. The lowest BCUT2D eigenvalue weighted by atomic mass is 9.95. The molecule has 5 heterocycles. The number of methoxy groups -OCH3 is 1. The number of rotatable bonds is 9. The van der Waals surface area contributed by atoms with Gasteiger partial charge in [-0.15, -0.1) is 0 Å². The van der Waals surface area contributed by atoms with Crippen LogP contribution in [0.2, 0.25) is 0 Å². The first-order valence-corrected chi connectivity index (χ1v) is 12.5. The number of carbonyl (C=O) groups is 1. The lowest BCUT2D eigenvalue weighted by Gasteiger charge is -2.30. The van der Waals surface area contributed by atoms with Crippen LogP contribution < -0.4 is 15.0 Å². The predicted octanol–water partition coefficient (Wildman–Crippen LogP) is 2.46. The van der Waals surface area contributed by atoms with Gasteiger partial charge in [0, 0.05) is 30.1 Å². The highest BCUT2D eigenvalue weighted by atomic mass is 19.4. The first-order valence-electron chi connectivity index (χ1n) is 12.5. The number of fused-ring (bicyclic) bond motifs is 1. The minimum Gasteiger partial charge on any atom is -0.481 e. The van der Waals surface area contributed by atoms with E-state index in [9.17, 15) is 23.1 Å². The van der Waals surface area contributed by atoms with Crippen LogP contribution in [0.3, 0.4) is 0 Å². The number of ether oxygens (including phenoxy) is 2. The Morgan fingerprint density at radius 1 is 1.27 bits per heavy atom. The van der Waals surface area contributed by atoms with Crippen LogP contribution in [0.5, 0.6) is 5.88 Å². The van der Waals surface area contributed by atoms with Crippen LogP contribution in [0.4, 0.5) is 18.9 Å². The highest BCUT2D eigenvalue weighted by Crippen LogP contribution is 2.45. The van der Waals surface area contributed by atoms with Crippen LogP contribution in [0.15, 0.2) is 30.7 Å². The molecule has 1 saturated heterocycles. The van der Waals surface area contributed by atoms with E-state index in [1.807, 2.05) is 6.07 Å². The van der Waals surface area contributed by atoms with E-state index in [1.54, 1.807) is 33.0 Å². The molecule has 1 amide bonds. The van der Waals surface area contributed by atoms with Gasteiger partial charge in [0.25, 0.3) is 5.91 Å². The minimum atomic E-state index is -4.45. The molecule has 5 rings (SSSR count). The molecular formula is C26H29F3N6O5. The monoisotopic (exact) mass is 562 g/mol. The molecule has 0 saturated carbocycles. The van der Waals surface area contributed by atoms with E-state index < -0.39 is 36.7 Å². The number of amides is 1. The fourth-order valence-electron chi connectivity index (χ4n) is 4.99. The van der Waals surface area contributed by atoms with Crippen LogP contribution in [-0.4, -0.2) is 74.6 Å². The van der Waals surface area contributed by atoms with Crippen molar-refractivity contribution in [3.63, 3.8) is 0 Å². The molecule has 3 aromatic heterocycles. The summed E-state index contributed by atoms with van der Waals surface area (Å²) in [5.41, 5.74) is 2.62. The van der Waals surface area contributed by atoms with E-state index in [-0.39, 0.29) is 24.7 Å². The van der Waals surface area contributed by atoms with Crippen molar-refractivity contribution in [1.29, 1.82) is 0 Å². The van der Waals surface area contributed by atoms with E-state index >= 15 is 0 Å². The number of aliphatic hydroxyl groups is 2. The minimum absolute atomic E-state index is 0.146. The zero-order valence-electron chi connectivity index (χ0n) is 22.2. The summed E-state index contributed by atoms with van der Waals surface area (Å²) in [7, 11) is 1.49. The lowest BCUT2D eigenvalue weighted by molar-refractivity contribution is -0.142. The van der Waals surface area contributed by atoms with Gasteiger partial charge in [-0.2, -0.15) is 18.3 Å². The van der Waals surface area contributed by atoms with Crippen molar-refractivity contribution in [3.05, 3.63) is 53.1 Å². The van der Waals surface area contributed by atoms with Gasteiger partial charge in [0.1, 0.15) is 18.9 Å². The molecular weight excluding hydrogens is 533 g/mol. The molecule has 2 aliphatic rings. The van der Waals surface area contributed by atoms with Gasteiger partial charge in [0.2, 0.25) is 5.88 Å². The number of pyridine rings is 2. The molecule has 1 fully saturated rings. The highest BCUT2D eigenvalue weighted by Gasteiger charge is 2.47. The predicted molar refractivity (Wildman–Crippen MR) is 136 cm³/mol. The van der Waals surface area contributed by atoms with Crippen LogP contribution >= 0.6 is 0 Å². The van der Waals surface area contributed by atoms with E-state index in [0.717, 1.165) is 4.68 Å². The van der Waals surface area contributed by atoms with Crippen LogP contribution in [-0.2, 0) is 16.8 Å². The van der Waals surface area contributed by atoms with E-state index in [2.05, 4.69) is 15.4 Å². The van der Waals surface area contributed by atoms with Gasteiger partial charge in [-0.1, -0.05) is 0 Å². The molecule has 0 spiro atoms. The summed E-state index contributed by atoms with van der Waals surface area (Å²) in [6.07, 6.45) is -2.12. The number of nitrogens with one attached hydrogen (secondary N) is 1. The second-order valence-electron chi connectivity index (χ2n) is 10.3. The Kier molecular flexibility index (Phi) is 7.06. The molecule has 0 bridgehead atoms. The lowest BCUT2D eigenvalue weighted by Crippen LogP contribution is -2.39. The smallest absolute Gasteiger partial charge is 0.408 e. The number of carbonyl (C=O) groups excluding carboxylic acids is 1. The van der Waals surface area contributed by atoms with Crippen LogP contribution in [0.25, 0.3) is 11.3 Å². The molecule has 3 aromatic rings. The Hall–Kier alpha value is -3.59. The molecule has 0 radical (unpaired) electrons. The number of nitrogens with zero attached hydrogens (tertiary/aromatic N) is 5. The molecule has 3 atom stereocenters. The summed E-state index contributed by atoms with van der Waals surface area (Å²) in [6.45, 7) is 3.85. The molecule has 0 aromatic carbocycles. The second kappa shape index (κ2) is 10.1. The van der Waals surface area contributed by atoms with E-state index in [4.69, 9.17) is 19.6 Å². The molecule has 14 heteroatoms. The van der Waals surface area contributed by atoms with E-state index in [1.165, 1.54) is 24.4 Å². The van der Waals surface area contributed by atoms with Crippen molar-refractivity contribution in [2.24, 2.45) is 0 Å². The summed E-state index contributed by atoms with van der Waals surface area (Å²) < 4.78 is 50.5. The van der Waals surface area contributed by atoms with Gasteiger partial charge >= 0.3 is 6.18 Å². The Labute approximate surface area is 227 Å². The van der Waals surface area contributed by atoms with Crippen molar-refractivity contribution >= 4 is 11.6 Å². The fraction of sp³-hybridized carbons (Fsp3) is 0.462. The topological polar surface area (TPSA) is 138 Å². The summed E-state index contributed by atoms with van der Waals surface area (Å²) in [4.78, 5) is 24.2. The van der Waals surface area contributed by atoms with Crippen molar-refractivity contribution in [3.8, 4) is 17.1 Å². The van der Waals surface area contributed by atoms with Gasteiger partial charge in [-0.05, 0) is 38.5 Å². The average Bonchev–Trinajstić information content (AvgIpc) is 3.48. The SMILES string of the molecule is COc1ncc(-c2cc(C)c3c(n2)C(C)(C)N(c2cnn(CC(F)(F)F)c2)C3=O)cc1C1OC1NC[C@@H](O)CO. The maximum Gasteiger partial charge on any atom is 0.408 e. The maximum absolute atomic E-state index is 13.5. The second-order valence-corrected chi connectivity index (χ2v) is 10.3. The zero-order chi connectivity index (χ0) is 29.0. The fourth-order valence-corrected chi connectivity index (χ4v) is 4.99. The van der Waals surface area contributed by atoms with Gasteiger partial charge in [-0.3, -0.25) is 19.7 Å². The third-order valence-corrected chi connectivity index (χ3v) is 6.92. The number of aryl methyl sites for hydroxylation is 1. The number of anilines is 1. The largest absolute Gasteiger partial charge is 0.481 e. The van der Waals surface area contributed by atoms with Gasteiger partial charge in [0.05, 0.1) is 54.2 Å². The maximum atomic E-state index is 13.5. The van der Waals surface area contributed by atoms with Crippen molar-refractivity contribution in [2.45, 2.75) is 57.5 Å². The van der Waals surface area contributed by atoms with Gasteiger partial charge < -0.3 is 19.7 Å². The molecule has 11 nitrogen and oxygen atoms in total. The summed E-state index contributed by atoms with van der Waals surface area (Å²) in [5, 5.41) is 25.4. The molecule has 40 heavy (non-hydrogen) atoms. The normalized spacial score (nSPS) is 20.5. The summed E-state index contributed by atoms with van der Waals surface area (Å²) in [5.74, 6) is -0.0155. The van der Waals surface area contributed by atoms with Crippen LogP contribution in [0, 0.1) is 6.92 Å². The van der Waals surface area contributed by atoms with Crippen LogP contribution in [0.1, 0.15) is 47.1 Å². The van der Waals surface area contributed by atoms with Gasteiger partial charge in [-0.25, -0.2) is 9.97 Å². The number of hydrogen-bond donors (Lipinski definition) is 3. The molecule has 0 aliphatic carbocycles. The average molecular weight is 563 g/mol. The number of halogens is 3.